The zero-order valence-corrected chi connectivity index (χ0v) is 21.4. The zero-order chi connectivity index (χ0) is 25.5. The molecule has 12 nitrogen and oxygen atoms in total. The number of hydrogen-bond donors (Lipinski definition) is 2. The Bertz CT molecular complexity index is 670. The number of rotatable bonds is 14. The average Bonchev–Trinajstić information content (AvgIpc) is 3.31. The molecule has 0 spiro atoms. The van der Waals surface area contributed by atoms with Crippen molar-refractivity contribution in [3.63, 3.8) is 0 Å². The minimum atomic E-state index is -0.854. The minimum Gasteiger partial charge on any atom is -0.444 e. The van der Waals surface area contributed by atoms with Gasteiger partial charge in [0.25, 0.3) is 0 Å². The van der Waals surface area contributed by atoms with Crippen LogP contribution >= 0.6 is 0 Å². The van der Waals surface area contributed by atoms with Crippen LogP contribution < -0.4 is 5.32 Å². The average molecular weight is 508 g/mol. The molecule has 0 aromatic carbocycles. The molecular weight excluding hydrogens is 466 g/mol. The third-order valence-corrected chi connectivity index (χ3v) is 5.52. The summed E-state index contributed by atoms with van der Waals surface area (Å²) < 4.78 is 51.7. The van der Waals surface area contributed by atoms with Crippen molar-refractivity contribution in [3.05, 3.63) is 0 Å². The van der Waals surface area contributed by atoms with Crippen molar-refractivity contribution in [2.24, 2.45) is 0 Å². The largest absolute Gasteiger partial charge is 0.444 e. The summed E-state index contributed by atoms with van der Waals surface area (Å²) >= 11 is 0. The van der Waals surface area contributed by atoms with Gasteiger partial charge in [0.05, 0.1) is 66.1 Å². The molecular formula is C23H41NO11. The van der Waals surface area contributed by atoms with Crippen molar-refractivity contribution in [2.45, 2.75) is 76.1 Å². The fraction of sp³-hybridized carbons (Fsp3) is 0.957. The second-order valence-electron chi connectivity index (χ2n) is 10.2. The van der Waals surface area contributed by atoms with Crippen molar-refractivity contribution in [1.29, 1.82) is 0 Å². The molecule has 0 aromatic heterocycles. The highest BCUT2D eigenvalue weighted by atomic mass is 16.8. The summed E-state index contributed by atoms with van der Waals surface area (Å²) in [5, 5.41) is 11.5. The second kappa shape index (κ2) is 12.4. The predicted molar refractivity (Wildman–Crippen MR) is 121 cm³/mol. The molecule has 0 saturated carbocycles. The highest BCUT2D eigenvalue weighted by molar-refractivity contribution is 5.68. The fourth-order valence-electron chi connectivity index (χ4n) is 4.18. The highest BCUT2D eigenvalue weighted by Gasteiger charge is 2.66. The highest BCUT2D eigenvalue weighted by Crippen LogP contribution is 2.46. The quantitative estimate of drug-likeness (QED) is 0.320. The van der Waals surface area contributed by atoms with E-state index in [0.29, 0.717) is 46.2 Å². The van der Waals surface area contributed by atoms with Gasteiger partial charge in [0.15, 0.2) is 12.1 Å². The molecule has 3 saturated heterocycles. The maximum absolute atomic E-state index is 12.4. The Labute approximate surface area is 206 Å². The van der Waals surface area contributed by atoms with Crippen LogP contribution in [0.2, 0.25) is 0 Å². The first kappa shape index (κ1) is 28.5. The van der Waals surface area contributed by atoms with E-state index in [0.717, 1.165) is 0 Å². The van der Waals surface area contributed by atoms with Gasteiger partial charge in [-0.05, 0) is 34.6 Å². The lowest BCUT2D eigenvalue weighted by molar-refractivity contribution is -0.213. The van der Waals surface area contributed by atoms with Gasteiger partial charge in [-0.3, -0.25) is 0 Å². The van der Waals surface area contributed by atoms with E-state index in [9.17, 15) is 4.79 Å². The van der Waals surface area contributed by atoms with Gasteiger partial charge in [-0.2, -0.15) is 0 Å². The van der Waals surface area contributed by atoms with Gasteiger partial charge in [0.2, 0.25) is 0 Å². The molecule has 3 aliphatic heterocycles. The molecule has 3 rings (SSSR count). The number of amides is 1. The molecule has 204 valence electrons. The number of ether oxygens (including phenoxy) is 9. The van der Waals surface area contributed by atoms with Crippen molar-refractivity contribution in [2.75, 3.05) is 66.1 Å². The SMILES string of the molecule is CC(C)(C)OC(=O)N[C@H]1[C@H]2OC[C@](COCCOCCOCCOCCO)(O2)[C@@H]2OC(C)(C)O[C@H]12. The summed E-state index contributed by atoms with van der Waals surface area (Å²) in [4.78, 5) is 12.4. The number of carbonyl (C=O) groups is 1. The number of hydrogen-bond acceptors (Lipinski definition) is 11. The van der Waals surface area contributed by atoms with Crippen molar-refractivity contribution < 1.29 is 52.5 Å². The monoisotopic (exact) mass is 507 g/mol. The van der Waals surface area contributed by atoms with Gasteiger partial charge < -0.3 is 53.1 Å². The van der Waals surface area contributed by atoms with E-state index in [2.05, 4.69) is 5.32 Å². The van der Waals surface area contributed by atoms with Crippen LogP contribution in [0.1, 0.15) is 34.6 Å². The lowest BCUT2D eigenvalue weighted by atomic mass is 9.88. The first-order chi connectivity index (χ1) is 16.6. The maximum Gasteiger partial charge on any atom is 0.408 e. The van der Waals surface area contributed by atoms with Crippen LogP contribution in [-0.2, 0) is 42.6 Å². The van der Waals surface area contributed by atoms with Crippen LogP contribution in [0.3, 0.4) is 0 Å². The van der Waals surface area contributed by atoms with Gasteiger partial charge in [-0.25, -0.2) is 4.79 Å². The van der Waals surface area contributed by atoms with Crippen molar-refractivity contribution >= 4 is 6.09 Å². The van der Waals surface area contributed by atoms with Gasteiger partial charge in [0, 0.05) is 0 Å². The van der Waals surface area contributed by atoms with Gasteiger partial charge in [0.1, 0.15) is 29.5 Å². The Hall–Kier alpha value is -1.09. The molecule has 35 heavy (non-hydrogen) atoms. The molecule has 2 N–H and O–H groups in total. The molecule has 5 atom stereocenters. The van der Waals surface area contributed by atoms with Crippen LogP contribution in [0.4, 0.5) is 4.79 Å². The van der Waals surface area contributed by atoms with Crippen molar-refractivity contribution in [1.82, 2.24) is 5.32 Å². The standard InChI is InChI=1S/C23H41NO11/c1-21(2,3)35-20(26)24-16-17-18(33-22(4,5)32-17)23(15-31-19(16)34-23)14-30-13-12-29-11-10-28-9-8-27-7-6-25/h16-19,25H,6-15H2,1-5H3,(H,24,26)/t16-,17-,18-,19+,23+/m1/s1. The molecule has 12 heteroatoms. The molecule has 2 bridgehead atoms. The first-order valence-electron chi connectivity index (χ1n) is 12.1. The van der Waals surface area contributed by atoms with Crippen LogP contribution in [-0.4, -0.2) is 119 Å². The molecule has 0 unspecified atom stereocenters. The van der Waals surface area contributed by atoms with E-state index < -0.39 is 47.6 Å². The number of fused-ring (bicyclic) bond motifs is 4. The van der Waals surface area contributed by atoms with Crippen LogP contribution in [0.15, 0.2) is 0 Å². The Morgan fingerprint density at radius 2 is 1.54 bits per heavy atom. The Morgan fingerprint density at radius 1 is 0.943 bits per heavy atom. The maximum atomic E-state index is 12.4. The number of nitrogens with one attached hydrogen (secondary N) is 1. The van der Waals surface area contributed by atoms with E-state index in [1.165, 1.54) is 0 Å². The summed E-state index contributed by atoms with van der Waals surface area (Å²) in [7, 11) is 0. The Balaban J connectivity index is 1.43. The Morgan fingerprint density at radius 3 is 2.14 bits per heavy atom. The Kier molecular flexibility index (Phi) is 10.1. The molecule has 0 radical (unpaired) electrons. The van der Waals surface area contributed by atoms with Crippen molar-refractivity contribution in [3.8, 4) is 0 Å². The third-order valence-electron chi connectivity index (χ3n) is 5.52. The van der Waals surface area contributed by atoms with E-state index in [1.807, 2.05) is 13.8 Å². The summed E-state index contributed by atoms with van der Waals surface area (Å²) in [5.74, 6) is -0.851. The zero-order valence-electron chi connectivity index (χ0n) is 21.4. The lowest BCUT2D eigenvalue weighted by Crippen LogP contribution is -2.65. The minimum absolute atomic E-state index is 0.00405. The fourth-order valence-corrected chi connectivity index (χ4v) is 4.18. The number of aliphatic hydroxyl groups excluding tert-OH is 1. The summed E-state index contributed by atoms with van der Waals surface area (Å²) in [6, 6.07) is -0.593. The van der Waals surface area contributed by atoms with Gasteiger partial charge in [-0.1, -0.05) is 0 Å². The number of alkyl carbamates (subject to hydrolysis) is 1. The second-order valence-corrected chi connectivity index (χ2v) is 10.2. The third kappa shape index (κ3) is 8.20. The van der Waals surface area contributed by atoms with Crippen LogP contribution in [0.25, 0.3) is 0 Å². The van der Waals surface area contributed by atoms with Crippen LogP contribution in [0.5, 0.6) is 0 Å². The molecule has 0 aromatic rings. The normalized spacial score (nSPS) is 31.4. The molecule has 3 fully saturated rings. The summed E-state index contributed by atoms with van der Waals surface area (Å²) in [6.45, 7) is 12.4. The smallest absolute Gasteiger partial charge is 0.408 e. The number of aliphatic hydroxyl groups is 1. The van der Waals surface area contributed by atoms with E-state index >= 15 is 0 Å². The molecule has 0 aliphatic carbocycles. The van der Waals surface area contributed by atoms with Gasteiger partial charge >= 0.3 is 6.09 Å². The molecule has 3 aliphatic rings. The van der Waals surface area contributed by atoms with Crippen LogP contribution in [0, 0.1) is 0 Å². The topological polar surface area (TPSA) is 132 Å². The summed E-state index contributed by atoms with van der Waals surface area (Å²) in [6.07, 6.45) is -2.27. The lowest BCUT2D eigenvalue weighted by Gasteiger charge is -2.42. The van der Waals surface area contributed by atoms with E-state index in [1.54, 1.807) is 20.8 Å². The first-order valence-corrected chi connectivity index (χ1v) is 12.1. The number of carbonyl (C=O) groups excluding carboxylic acids is 1. The molecule has 3 heterocycles. The summed E-state index contributed by atoms with van der Waals surface area (Å²) in [5.41, 5.74) is -1.49. The van der Waals surface area contributed by atoms with E-state index in [-0.39, 0.29) is 19.8 Å². The van der Waals surface area contributed by atoms with E-state index in [4.69, 9.17) is 47.7 Å². The van der Waals surface area contributed by atoms with Gasteiger partial charge in [-0.15, -0.1) is 0 Å². The molecule has 1 amide bonds. The predicted octanol–water partition coefficient (Wildman–Crippen LogP) is 0.584.